The Morgan fingerprint density at radius 1 is 0.474 bits per heavy atom. The van der Waals surface area contributed by atoms with E-state index < -0.39 is 11.6 Å². The molecule has 16 nitrogen and oxygen atoms in total. The molecule has 4 aliphatic heterocycles. The van der Waals surface area contributed by atoms with E-state index in [2.05, 4.69) is 63.3 Å². The Morgan fingerprint density at radius 3 is 1.46 bits per heavy atom. The number of aliphatic hydroxyl groups excluding tert-OH is 1. The molecule has 0 amide bonds. The van der Waals surface area contributed by atoms with Crippen molar-refractivity contribution in [3.8, 4) is 63.2 Å². The van der Waals surface area contributed by atoms with E-state index in [4.69, 9.17) is 52.8 Å². The van der Waals surface area contributed by atoms with Gasteiger partial charge in [-0.2, -0.15) is 0 Å². The largest absolute Gasteiger partial charge is 0.504 e. The van der Waals surface area contributed by atoms with Crippen molar-refractivity contribution in [1.82, 2.24) is 10.6 Å². The fraction of sp³-hybridized carbons (Fsp3) is 0.308. The van der Waals surface area contributed by atoms with Crippen LogP contribution in [0.2, 0.25) is 0 Å². The van der Waals surface area contributed by atoms with Gasteiger partial charge in [0.05, 0.1) is 61.3 Å². The first-order chi connectivity index (χ1) is 36.5. The van der Waals surface area contributed by atoms with Crippen molar-refractivity contribution in [3.63, 3.8) is 0 Å². The number of hydrogen-bond donors (Lipinski definition) is 5. The van der Waals surface area contributed by atoms with E-state index in [0.29, 0.717) is 60.6 Å². The normalized spacial score (nSPS) is 13.6. The number of methoxy groups -OCH3 is 5. The number of halogens is 8. The van der Waals surface area contributed by atoms with Crippen LogP contribution in [-0.4, -0.2) is 117 Å². The van der Waals surface area contributed by atoms with Crippen LogP contribution in [0.4, 0.5) is 33.3 Å². The zero-order valence-corrected chi connectivity index (χ0v) is 46.6. The molecule has 0 aromatic heterocycles. The molecule has 412 valence electrons. The highest BCUT2D eigenvalue weighted by Gasteiger charge is 2.22. The molecule has 24 heteroatoms. The molecule has 5 N–H and O–H groups in total. The summed E-state index contributed by atoms with van der Waals surface area (Å²) in [5.74, 6) is 2.09. The molecular weight excluding hydrogens is 1210 g/mol. The van der Waals surface area contributed by atoms with Gasteiger partial charge in [-0.15, -0.1) is 0 Å². The minimum atomic E-state index is -0.602. The second kappa shape index (κ2) is 30.4. The highest BCUT2D eigenvalue weighted by atomic mass is 79.9. The molecular formula is C52H56Br3F5N4O12. The molecule has 76 heavy (non-hydrogen) atoms. The number of aliphatic hydroxyl groups is 1. The van der Waals surface area contributed by atoms with Gasteiger partial charge >= 0.3 is 0 Å². The number of phenols is 2. The van der Waals surface area contributed by atoms with E-state index >= 15 is 0 Å². The van der Waals surface area contributed by atoms with Gasteiger partial charge in [0.2, 0.25) is 13.6 Å². The Balaban J connectivity index is 0.000000170. The highest BCUT2D eigenvalue weighted by Crippen LogP contribution is 2.39. The number of ether oxygens (including phenoxy) is 9. The number of nitrogens with one attached hydrogen (secondary N) is 2. The Labute approximate surface area is 461 Å². The van der Waals surface area contributed by atoms with Crippen LogP contribution in [0.15, 0.2) is 98.3 Å². The topological polar surface area (TPSA) is 174 Å². The van der Waals surface area contributed by atoms with Gasteiger partial charge in [0, 0.05) is 118 Å². The van der Waals surface area contributed by atoms with E-state index in [0.717, 1.165) is 81.5 Å². The summed E-state index contributed by atoms with van der Waals surface area (Å²) in [4.78, 5) is 4.34. The Kier molecular flexibility index (Phi) is 24.3. The molecule has 0 spiro atoms. The third kappa shape index (κ3) is 17.4. The molecule has 2 fully saturated rings. The molecule has 0 atom stereocenters. The Hall–Kier alpha value is -6.31. The van der Waals surface area contributed by atoms with Crippen molar-refractivity contribution in [2.45, 2.75) is 6.61 Å². The number of nitrogens with zero attached hydrogens (tertiary/aromatic N) is 2. The molecule has 4 aliphatic rings. The van der Waals surface area contributed by atoms with Gasteiger partial charge in [-0.1, -0.05) is 0 Å². The van der Waals surface area contributed by atoms with Gasteiger partial charge in [0.25, 0.3) is 0 Å². The highest BCUT2D eigenvalue weighted by molar-refractivity contribution is 9.11. The van der Waals surface area contributed by atoms with Gasteiger partial charge in [0.15, 0.2) is 57.5 Å². The maximum atomic E-state index is 13.8. The van der Waals surface area contributed by atoms with Crippen LogP contribution < -0.4 is 63.1 Å². The van der Waals surface area contributed by atoms with Crippen molar-refractivity contribution in [2.75, 3.05) is 111 Å². The summed E-state index contributed by atoms with van der Waals surface area (Å²) in [6, 6.07) is 20.8. The molecule has 0 aliphatic carbocycles. The average molecular weight is 1260 g/mol. The summed E-state index contributed by atoms with van der Waals surface area (Å²) in [6.07, 6.45) is 0. The van der Waals surface area contributed by atoms with Crippen LogP contribution >= 0.6 is 47.8 Å². The summed E-state index contributed by atoms with van der Waals surface area (Å²) in [6.45, 7) is 7.82. The van der Waals surface area contributed by atoms with Crippen molar-refractivity contribution in [1.29, 1.82) is 0 Å². The SMILES string of the molecule is COc1cc(F)c(Br)cc1OC.COc1ccc(F)cc1OC.COc1ccc(N2CCNCC2)cc1CO.Fc1cc2c(cc1Br)OCO2.Fc1cc2c(cc1N1CCNCC1)OCO2.Oc1cc(F)c(Br)cc1O. The quantitative estimate of drug-likeness (QED) is 0.0719. The van der Waals surface area contributed by atoms with Gasteiger partial charge in [-0.25, -0.2) is 22.0 Å². The number of aromatic hydroxyl groups is 2. The van der Waals surface area contributed by atoms with E-state index in [1.807, 2.05) is 23.1 Å². The first-order valence-electron chi connectivity index (χ1n) is 22.9. The van der Waals surface area contributed by atoms with Crippen LogP contribution in [0.1, 0.15) is 5.56 Å². The van der Waals surface area contributed by atoms with Gasteiger partial charge < -0.3 is 78.4 Å². The summed E-state index contributed by atoms with van der Waals surface area (Å²) in [5, 5.41) is 33.3. The predicted octanol–water partition coefficient (Wildman–Crippen LogP) is 10.3. The lowest BCUT2D eigenvalue weighted by Gasteiger charge is -2.30. The maximum Gasteiger partial charge on any atom is 0.231 e. The van der Waals surface area contributed by atoms with Crippen molar-refractivity contribution < 1.29 is 79.9 Å². The summed E-state index contributed by atoms with van der Waals surface area (Å²) in [5.41, 5.74) is 2.61. The lowest BCUT2D eigenvalue weighted by molar-refractivity contribution is 0.173. The first kappa shape index (κ1) is 60.6. The molecule has 0 saturated carbocycles. The van der Waals surface area contributed by atoms with Gasteiger partial charge in [0.1, 0.15) is 34.8 Å². The molecule has 10 rings (SSSR count). The number of benzene rings is 6. The molecule has 4 heterocycles. The average Bonchev–Trinajstić information content (AvgIpc) is 4.11. The fourth-order valence-corrected chi connectivity index (χ4v) is 8.10. The number of anilines is 2. The summed E-state index contributed by atoms with van der Waals surface area (Å²) in [7, 11) is 7.57. The standard InChI is InChI=1S/C12H18N2O2.C11H13FN2O2.C8H8BrFO2.C8H9FO2.C7H4BrFO2.C6H4BrFO2/c1-16-12-3-2-11(8-10(12)9-15)14-6-4-13-5-7-14;12-8-5-10-11(16-7-15-10)6-9(8)14-3-1-13-2-4-14;1-11-7-3-5(9)6(10)4-8(7)12-2;1-10-7-4-3-6(9)5-8(7)11-2;8-4-1-6-7(2-5(4)9)11-3-10-6;7-3-1-5(9)6(10)2-4(3)8/h2-3,8,13,15H,4-7,9H2,1H3;5-6,13H,1-4,7H2;3-4H,1-2H3;3-5H,1-2H3;1-2H,3H2;1-2,9-10H. The van der Waals surface area contributed by atoms with Crippen LogP contribution in [-0.2, 0) is 6.61 Å². The predicted molar refractivity (Wildman–Crippen MR) is 286 cm³/mol. The second-order valence-electron chi connectivity index (χ2n) is 15.8. The summed E-state index contributed by atoms with van der Waals surface area (Å²) < 4.78 is 111. The number of hydrogen-bond acceptors (Lipinski definition) is 16. The smallest absolute Gasteiger partial charge is 0.231 e. The molecule has 0 radical (unpaired) electrons. The number of phenolic OH excluding ortho intramolecular Hbond substituents is 2. The molecule has 0 unspecified atom stereocenters. The van der Waals surface area contributed by atoms with Crippen LogP contribution in [0.3, 0.4) is 0 Å². The number of fused-ring (bicyclic) bond motifs is 2. The van der Waals surface area contributed by atoms with Crippen molar-refractivity contribution in [3.05, 3.63) is 133 Å². The molecule has 0 bridgehead atoms. The number of rotatable bonds is 8. The van der Waals surface area contributed by atoms with E-state index in [1.165, 1.54) is 70.9 Å². The monoisotopic (exact) mass is 1260 g/mol. The van der Waals surface area contributed by atoms with Crippen LogP contribution in [0, 0.1) is 29.1 Å². The zero-order chi connectivity index (χ0) is 55.3. The van der Waals surface area contributed by atoms with Crippen LogP contribution in [0.25, 0.3) is 0 Å². The lowest BCUT2D eigenvalue weighted by Crippen LogP contribution is -2.43. The van der Waals surface area contributed by atoms with Crippen LogP contribution in [0.5, 0.6) is 63.2 Å². The molecule has 6 aromatic rings. The molecule has 6 aromatic carbocycles. The van der Waals surface area contributed by atoms with E-state index in [-0.39, 0.29) is 53.7 Å². The van der Waals surface area contributed by atoms with Crippen molar-refractivity contribution >= 4 is 59.2 Å². The molecule has 2 saturated heterocycles. The van der Waals surface area contributed by atoms with Gasteiger partial charge in [-0.3, -0.25) is 0 Å². The Bertz CT molecular complexity index is 2730. The second-order valence-corrected chi connectivity index (χ2v) is 18.3. The third-order valence-electron chi connectivity index (χ3n) is 11.0. The van der Waals surface area contributed by atoms with E-state index in [1.54, 1.807) is 19.2 Å². The van der Waals surface area contributed by atoms with Gasteiger partial charge in [-0.05, 0) is 78.1 Å². The van der Waals surface area contributed by atoms with E-state index in [9.17, 15) is 27.1 Å². The Morgan fingerprint density at radius 2 is 0.908 bits per heavy atom. The maximum absolute atomic E-state index is 13.8. The summed E-state index contributed by atoms with van der Waals surface area (Å²) >= 11 is 8.91. The zero-order valence-electron chi connectivity index (χ0n) is 41.8. The minimum Gasteiger partial charge on any atom is -0.504 e. The lowest BCUT2D eigenvalue weighted by atomic mass is 10.1. The fourth-order valence-electron chi connectivity index (χ4n) is 7.12. The first-order valence-corrected chi connectivity index (χ1v) is 25.3. The third-order valence-corrected chi connectivity index (χ3v) is 12.8. The minimum absolute atomic E-state index is 0.0170. The number of piperazine rings is 2. The van der Waals surface area contributed by atoms with Crippen molar-refractivity contribution in [2.24, 2.45) is 0 Å².